The van der Waals surface area contributed by atoms with Gasteiger partial charge in [-0.15, -0.1) is 0 Å². The van der Waals surface area contributed by atoms with Gasteiger partial charge in [-0.1, -0.05) is 78.9 Å². The van der Waals surface area contributed by atoms with Crippen LogP contribution >= 0.6 is 0 Å². The SMILES string of the molecule is O=[N+]([O-])c1ccc(N(c2ccc(N(c3ccc4cc5ccccc5cc4c3)c3c4ccccc4cc4ccccc34)cc2)c2ccc([N+](=O)[O-])cc2)cc1. The molecule has 0 radical (unpaired) electrons. The number of anilines is 6. The first-order valence-corrected chi connectivity index (χ1v) is 17.4. The second kappa shape index (κ2) is 13.2. The molecule has 0 aromatic heterocycles. The van der Waals surface area contributed by atoms with Crippen molar-refractivity contribution in [1.29, 1.82) is 0 Å². The highest BCUT2D eigenvalue weighted by molar-refractivity contribution is 6.14. The lowest BCUT2D eigenvalue weighted by atomic mass is 9.98. The van der Waals surface area contributed by atoms with E-state index in [1.54, 1.807) is 24.3 Å². The summed E-state index contributed by atoms with van der Waals surface area (Å²) in [5.74, 6) is 0. The second-order valence-corrected chi connectivity index (χ2v) is 13.1. The molecule has 54 heavy (non-hydrogen) atoms. The van der Waals surface area contributed by atoms with Gasteiger partial charge in [-0.2, -0.15) is 0 Å². The quantitative estimate of drug-likeness (QED) is 0.0889. The first kappa shape index (κ1) is 32.3. The van der Waals surface area contributed by atoms with E-state index in [9.17, 15) is 20.2 Å². The van der Waals surface area contributed by atoms with Crippen molar-refractivity contribution in [3.8, 4) is 0 Å². The highest BCUT2D eigenvalue weighted by Gasteiger charge is 2.21. The lowest BCUT2D eigenvalue weighted by Gasteiger charge is -2.30. The van der Waals surface area contributed by atoms with E-state index in [1.807, 2.05) is 17.0 Å². The maximum atomic E-state index is 11.5. The minimum Gasteiger partial charge on any atom is -0.310 e. The Labute approximate surface area is 309 Å². The molecule has 0 aliphatic rings. The molecule has 0 unspecified atom stereocenters. The highest BCUT2D eigenvalue weighted by atomic mass is 16.6. The number of benzene rings is 9. The van der Waals surface area contributed by atoms with Crippen LogP contribution in [0.2, 0.25) is 0 Å². The average molecular weight is 703 g/mol. The van der Waals surface area contributed by atoms with Crippen LogP contribution in [0.1, 0.15) is 0 Å². The first-order chi connectivity index (χ1) is 26.4. The molecule has 0 aliphatic heterocycles. The molecule has 8 heteroatoms. The van der Waals surface area contributed by atoms with Crippen molar-refractivity contribution < 1.29 is 9.85 Å². The van der Waals surface area contributed by atoms with Crippen LogP contribution in [0.15, 0.2) is 182 Å². The predicted octanol–water partition coefficient (Wildman–Crippen LogP) is 13.1. The molecule has 0 bridgehead atoms. The minimum absolute atomic E-state index is 0.0286. The molecule has 9 aromatic rings. The van der Waals surface area contributed by atoms with Crippen LogP contribution in [0.25, 0.3) is 43.1 Å². The van der Waals surface area contributed by atoms with Crippen molar-refractivity contribution in [2.24, 2.45) is 0 Å². The zero-order chi connectivity index (χ0) is 36.8. The third kappa shape index (κ3) is 5.78. The van der Waals surface area contributed by atoms with Gasteiger partial charge in [0.1, 0.15) is 0 Å². The second-order valence-electron chi connectivity index (χ2n) is 13.1. The van der Waals surface area contributed by atoms with E-state index >= 15 is 0 Å². The molecule has 0 saturated carbocycles. The van der Waals surface area contributed by atoms with E-state index in [0.29, 0.717) is 11.4 Å². The Morgan fingerprint density at radius 1 is 0.333 bits per heavy atom. The van der Waals surface area contributed by atoms with Crippen molar-refractivity contribution in [2.75, 3.05) is 9.80 Å². The van der Waals surface area contributed by atoms with Gasteiger partial charge in [0.2, 0.25) is 0 Å². The van der Waals surface area contributed by atoms with Gasteiger partial charge < -0.3 is 9.80 Å². The van der Waals surface area contributed by atoms with E-state index in [0.717, 1.165) is 55.1 Å². The Hall–Kier alpha value is -7.58. The average Bonchev–Trinajstić information content (AvgIpc) is 3.21. The standard InChI is InChI=1S/C46H30N4O4/c51-49(52)41-23-19-38(20-24-41)47(39-21-25-42(26-22-39)50(53)54)37-15-17-40(18-16-37)48(43-14-13-33-27-31-7-1-2-8-32(31)28-36(33)30-43)46-44-11-5-3-9-34(44)29-35-10-4-6-12-45(35)46/h1-30H. The number of nitro benzene ring substituents is 2. The summed E-state index contributed by atoms with van der Waals surface area (Å²) in [4.78, 5) is 26.3. The third-order valence-corrected chi connectivity index (χ3v) is 9.92. The molecule has 0 saturated heterocycles. The zero-order valence-corrected chi connectivity index (χ0v) is 28.7. The Morgan fingerprint density at radius 2 is 0.685 bits per heavy atom. The Balaban J connectivity index is 1.24. The number of nitrogens with zero attached hydrogens (tertiary/aromatic N) is 4. The summed E-state index contributed by atoms with van der Waals surface area (Å²) in [5, 5.41) is 32.1. The van der Waals surface area contributed by atoms with Crippen LogP contribution in [0, 0.1) is 20.2 Å². The molecule has 0 atom stereocenters. The van der Waals surface area contributed by atoms with Crippen LogP contribution < -0.4 is 9.80 Å². The maximum Gasteiger partial charge on any atom is 0.269 e. The Morgan fingerprint density at radius 3 is 1.17 bits per heavy atom. The molecule has 0 aliphatic carbocycles. The molecule has 0 heterocycles. The number of non-ortho nitro benzene ring substituents is 2. The van der Waals surface area contributed by atoms with Gasteiger partial charge in [-0.25, -0.2) is 0 Å². The minimum atomic E-state index is -0.435. The van der Waals surface area contributed by atoms with Crippen LogP contribution in [0.4, 0.5) is 45.5 Å². The van der Waals surface area contributed by atoms with Gasteiger partial charge in [0.25, 0.3) is 11.4 Å². The number of hydrogen-bond acceptors (Lipinski definition) is 6. The van der Waals surface area contributed by atoms with E-state index < -0.39 is 9.85 Å². The molecule has 0 fully saturated rings. The Bertz CT molecular complexity index is 2780. The lowest BCUT2D eigenvalue weighted by molar-refractivity contribution is -0.385. The summed E-state index contributed by atoms with van der Waals surface area (Å²) >= 11 is 0. The summed E-state index contributed by atoms with van der Waals surface area (Å²) in [5.41, 5.74) is 5.02. The number of hydrogen-bond donors (Lipinski definition) is 0. The van der Waals surface area contributed by atoms with Crippen molar-refractivity contribution in [3.63, 3.8) is 0 Å². The van der Waals surface area contributed by atoms with Crippen molar-refractivity contribution in [1.82, 2.24) is 0 Å². The van der Waals surface area contributed by atoms with Crippen LogP contribution in [0.5, 0.6) is 0 Å². The van der Waals surface area contributed by atoms with E-state index in [4.69, 9.17) is 0 Å². The summed E-state index contributed by atoms with van der Waals surface area (Å²) in [6.07, 6.45) is 0. The van der Waals surface area contributed by atoms with Crippen LogP contribution in [-0.4, -0.2) is 9.85 Å². The summed E-state index contributed by atoms with van der Waals surface area (Å²) in [6, 6.07) is 59.3. The fraction of sp³-hybridized carbons (Fsp3) is 0. The van der Waals surface area contributed by atoms with E-state index in [2.05, 4.69) is 126 Å². The molecule has 9 aromatic carbocycles. The summed E-state index contributed by atoms with van der Waals surface area (Å²) in [7, 11) is 0. The van der Waals surface area contributed by atoms with Gasteiger partial charge >= 0.3 is 0 Å². The highest BCUT2D eigenvalue weighted by Crippen LogP contribution is 2.46. The lowest BCUT2D eigenvalue weighted by Crippen LogP contribution is -2.13. The van der Waals surface area contributed by atoms with Crippen molar-refractivity contribution in [2.45, 2.75) is 0 Å². The fourth-order valence-corrected chi connectivity index (χ4v) is 7.35. The predicted molar refractivity (Wildman–Crippen MR) is 219 cm³/mol. The normalized spacial score (nSPS) is 11.3. The van der Waals surface area contributed by atoms with Gasteiger partial charge in [0, 0.05) is 63.5 Å². The molecule has 9 rings (SSSR count). The fourth-order valence-electron chi connectivity index (χ4n) is 7.35. The van der Waals surface area contributed by atoms with E-state index in [1.165, 1.54) is 35.0 Å². The smallest absolute Gasteiger partial charge is 0.269 e. The third-order valence-electron chi connectivity index (χ3n) is 9.92. The first-order valence-electron chi connectivity index (χ1n) is 17.4. The molecule has 0 N–H and O–H groups in total. The largest absolute Gasteiger partial charge is 0.310 e. The molecular weight excluding hydrogens is 673 g/mol. The number of fused-ring (bicyclic) bond motifs is 4. The van der Waals surface area contributed by atoms with Crippen molar-refractivity contribution >= 4 is 88.6 Å². The number of rotatable bonds is 8. The van der Waals surface area contributed by atoms with Crippen LogP contribution in [-0.2, 0) is 0 Å². The van der Waals surface area contributed by atoms with Gasteiger partial charge in [-0.3, -0.25) is 20.2 Å². The maximum absolute atomic E-state index is 11.5. The van der Waals surface area contributed by atoms with Gasteiger partial charge in [-0.05, 0) is 111 Å². The molecular formula is C46H30N4O4. The van der Waals surface area contributed by atoms with Gasteiger partial charge in [0.05, 0.1) is 15.5 Å². The zero-order valence-electron chi connectivity index (χ0n) is 28.7. The van der Waals surface area contributed by atoms with Crippen LogP contribution in [0.3, 0.4) is 0 Å². The van der Waals surface area contributed by atoms with E-state index in [-0.39, 0.29) is 11.4 Å². The summed E-state index contributed by atoms with van der Waals surface area (Å²) < 4.78 is 0. The molecule has 0 spiro atoms. The monoisotopic (exact) mass is 702 g/mol. The molecule has 0 amide bonds. The molecule has 8 nitrogen and oxygen atoms in total. The van der Waals surface area contributed by atoms with Crippen molar-refractivity contribution in [3.05, 3.63) is 202 Å². The topological polar surface area (TPSA) is 92.8 Å². The summed E-state index contributed by atoms with van der Waals surface area (Å²) in [6.45, 7) is 0. The van der Waals surface area contributed by atoms with Gasteiger partial charge in [0.15, 0.2) is 0 Å². The molecule has 258 valence electrons. The Kier molecular flexibility index (Phi) is 7.90. The number of nitro groups is 2.